The molecule has 120 valence electrons. The summed E-state index contributed by atoms with van der Waals surface area (Å²) in [4.78, 5) is 17.9. The number of esters is 1. The van der Waals surface area contributed by atoms with Crippen molar-refractivity contribution in [2.24, 2.45) is 0 Å². The summed E-state index contributed by atoms with van der Waals surface area (Å²) in [6, 6.07) is 1.98. The predicted octanol–water partition coefficient (Wildman–Crippen LogP) is 2.04. The minimum atomic E-state index is -0.350. The van der Waals surface area contributed by atoms with Gasteiger partial charge in [-0.05, 0) is 31.7 Å². The molecular formula is C17H20N4O2. The number of rotatable bonds is 4. The number of hydrogen-bond donors (Lipinski definition) is 1. The lowest BCUT2D eigenvalue weighted by Gasteiger charge is -2.22. The van der Waals surface area contributed by atoms with Gasteiger partial charge in [-0.3, -0.25) is 10.1 Å². The van der Waals surface area contributed by atoms with Crippen molar-refractivity contribution < 1.29 is 9.53 Å². The van der Waals surface area contributed by atoms with Gasteiger partial charge in [-0.25, -0.2) is 4.79 Å². The molecule has 2 aromatic heterocycles. The standard InChI is InChI=1S/C17H20N4O2/c1-3-23-16(22)5-4-12-8-13(10-18-9-12)17-14-11-21(2)7-6-15(14)19-20-17/h4-5,8-10H,3,6-7,11H2,1-2H3,(H,19,20)/b5-4+. The molecule has 2 aromatic rings. The fraction of sp³-hybridized carbons (Fsp3) is 0.353. The normalized spacial score (nSPS) is 14.9. The van der Waals surface area contributed by atoms with Gasteiger partial charge >= 0.3 is 5.97 Å². The number of pyridine rings is 1. The first kappa shape index (κ1) is 15.4. The van der Waals surface area contributed by atoms with Gasteiger partial charge in [-0.2, -0.15) is 5.10 Å². The van der Waals surface area contributed by atoms with Crippen molar-refractivity contribution >= 4 is 12.0 Å². The number of nitrogens with zero attached hydrogens (tertiary/aromatic N) is 3. The van der Waals surface area contributed by atoms with Crippen LogP contribution in [0.2, 0.25) is 0 Å². The minimum Gasteiger partial charge on any atom is -0.463 e. The van der Waals surface area contributed by atoms with E-state index in [0.717, 1.165) is 36.3 Å². The van der Waals surface area contributed by atoms with E-state index < -0.39 is 0 Å². The molecular weight excluding hydrogens is 292 g/mol. The summed E-state index contributed by atoms with van der Waals surface area (Å²) >= 11 is 0. The maximum Gasteiger partial charge on any atom is 0.330 e. The molecule has 0 atom stereocenters. The Balaban J connectivity index is 1.86. The van der Waals surface area contributed by atoms with Crippen LogP contribution in [0.15, 0.2) is 24.5 Å². The summed E-state index contributed by atoms with van der Waals surface area (Å²) in [5, 5.41) is 7.60. The van der Waals surface area contributed by atoms with Crippen molar-refractivity contribution in [3.8, 4) is 11.3 Å². The monoisotopic (exact) mass is 312 g/mol. The summed E-state index contributed by atoms with van der Waals surface area (Å²) in [6.07, 6.45) is 7.61. The fourth-order valence-corrected chi connectivity index (χ4v) is 2.70. The van der Waals surface area contributed by atoms with Crippen LogP contribution in [0.1, 0.15) is 23.7 Å². The molecule has 0 saturated heterocycles. The highest BCUT2D eigenvalue weighted by Crippen LogP contribution is 2.28. The van der Waals surface area contributed by atoms with E-state index in [2.05, 4.69) is 27.1 Å². The van der Waals surface area contributed by atoms with E-state index in [1.165, 1.54) is 17.3 Å². The lowest BCUT2D eigenvalue weighted by atomic mass is 10.0. The molecule has 0 bridgehead atoms. The first-order chi connectivity index (χ1) is 11.2. The molecule has 0 aromatic carbocycles. The third-order valence-electron chi connectivity index (χ3n) is 3.86. The van der Waals surface area contributed by atoms with Crippen molar-refractivity contribution in [1.82, 2.24) is 20.1 Å². The molecule has 3 rings (SSSR count). The summed E-state index contributed by atoms with van der Waals surface area (Å²) in [5.74, 6) is -0.350. The topological polar surface area (TPSA) is 71.1 Å². The van der Waals surface area contributed by atoms with Crippen molar-refractivity contribution in [3.63, 3.8) is 0 Å². The minimum absolute atomic E-state index is 0.350. The maximum absolute atomic E-state index is 11.4. The van der Waals surface area contributed by atoms with Gasteiger partial charge in [0, 0.05) is 54.8 Å². The van der Waals surface area contributed by atoms with E-state index in [9.17, 15) is 4.79 Å². The summed E-state index contributed by atoms with van der Waals surface area (Å²) in [6.45, 7) is 4.07. The Labute approximate surface area is 135 Å². The van der Waals surface area contributed by atoms with Gasteiger partial charge in [0.05, 0.1) is 12.3 Å². The summed E-state index contributed by atoms with van der Waals surface area (Å²) in [5.41, 5.74) is 5.16. The van der Waals surface area contributed by atoms with Crippen LogP contribution >= 0.6 is 0 Å². The Hall–Kier alpha value is -2.47. The van der Waals surface area contributed by atoms with Crippen LogP contribution in [0, 0.1) is 0 Å². The molecule has 0 radical (unpaired) electrons. The zero-order chi connectivity index (χ0) is 16.2. The van der Waals surface area contributed by atoms with Gasteiger partial charge in [-0.15, -0.1) is 0 Å². The second kappa shape index (κ2) is 6.75. The SMILES string of the molecule is CCOC(=O)/C=C/c1cncc(-c2n[nH]c3c2CN(C)CC3)c1. The van der Waals surface area contributed by atoms with E-state index in [0.29, 0.717) is 6.61 Å². The number of fused-ring (bicyclic) bond motifs is 1. The Kier molecular flexibility index (Phi) is 4.52. The molecule has 0 fully saturated rings. The van der Waals surface area contributed by atoms with Crippen LogP contribution in [0.5, 0.6) is 0 Å². The van der Waals surface area contributed by atoms with Crippen LogP contribution in [0.4, 0.5) is 0 Å². The maximum atomic E-state index is 11.4. The molecule has 0 unspecified atom stereocenters. The molecule has 0 spiro atoms. The van der Waals surface area contributed by atoms with E-state index in [-0.39, 0.29) is 5.97 Å². The highest BCUT2D eigenvalue weighted by Gasteiger charge is 2.20. The molecule has 0 saturated carbocycles. The van der Waals surface area contributed by atoms with Crippen LogP contribution in [0.3, 0.4) is 0 Å². The van der Waals surface area contributed by atoms with Crippen LogP contribution in [-0.2, 0) is 22.5 Å². The summed E-state index contributed by atoms with van der Waals surface area (Å²) < 4.78 is 4.88. The number of carbonyl (C=O) groups is 1. The zero-order valence-electron chi connectivity index (χ0n) is 13.4. The fourth-order valence-electron chi connectivity index (χ4n) is 2.70. The molecule has 1 N–H and O–H groups in total. The quantitative estimate of drug-likeness (QED) is 0.691. The van der Waals surface area contributed by atoms with Gasteiger partial charge in [0.2, 0.25) is 0 Å². The van der Waals surface area contributed by atoms with E-state index in [1.807, 2.05) is 6.07 Å². The summed E-state index contributed by atoms with van der Waals surface area (Å²) in [7, 11) is 2.11. The van der Waals surface area contributed by atoms with Crippen LogP contribution < -0.4 is 0 Å². The highest BCUT2D eigenvalue weighted by atomic mass is 16.5. The van der Waals surface area contributed by atoms with Crippen LogP contribution in [-0.4, -0.2) is 46.2 Å². The Morgan fingerprint density at radius 1 is 1.48 bits per heavy atom. The zero-order valence-corrected chi connectivity index (χ0v) is 13.4. The molecule has 23 heavy (non-hydrogen) atoms. The predicted molar refractivity (Wildman–Crippen MR) is 87.5 cm³/mol. The second-order valence-electron chi connectivity index (χ2n) is 5.61. The molecule has 6 nitrogen and oxygen atoms in total. The molecule has 0 aliphatic carbocycles. The Morgan fingerprint density at radius 2 is 2.35 bits per heavy atom. The largest absolute Gasteiger partial charge is 0.463 e. The molecule has 1 aliphatic rings. The lowest BCUT2D eigenvalue weighted by molar-refractivity contribution is -0.137. The van der Waals surface area contributed by atoms with Crippen molar-refractivity contribution in [3.05, 3.63) is 41.4 Å². The third-order valence-corrected chi connectivity index (χ3v) is 3.86. The number of nitrogens with one attached hydrogen (secondary N) is 1. The van der Waals surface area contributed by atoms with Crippen LogP contribution in [0.25, 0.3) is 17.3 Å². The van der Waals surface area contributed by atoms with E-state index >= 15 is 0 Å². The van der Waals surface area contributed by atoms with Crippen molar-refractivity contribution in [1.29, 1.82) is 0 Å². The van der Waals surface area contributed by atoms with Gasteiger partial charge in [0.15, 0.2) is 0 Å². The van der Waals surface area contributed by atoms with E-state index in [1.54, 1.807) is 25.4 Å². The Morgan fingerprint density at radius 3 is 3.17 bits per heavy atom. The number of hydrogen-bond acceptors (Lipinski definition) is 5. The number of aromatic amines is 1. The van der Waals surface area contributed by atoms with Gasteiger partial charge < -0.3 is 9.64 Å². The number of aromatic nitrogens is 3. The highest BCUT2D eigenvalue weighted by molar-refractivity contribution is 5.87. The smallest absolute Gasteiger partial charge is 0.330 e. The van der Waals surface area contributed by atoms with Gasteiger partial charge in [-0.1, -0.05) is 0 Å². The second-order valence-corrected chi connectivity index (χ2v) is 5.61. The molecule has 3 heterocycles. The molecule has 1 aliphatic heterocycles. The first-order valence-electron chi connectivity index (χ1n) is 7.72. The van der Waals surface area contributed by atoms with Crippen molar-refractivity contribution in [2.45, 2.75) is 19.9 Å². The average molecular weight is 312 g/mol. The number of carbonyl (C=O) groups excluding carboxylic acids is 1. The van der Waals surface area contributed by atoms with Gasteiger partial charge in [0.1, 0.15) is 0 Å². The molecule has 6 heteroatoms. The van der Waals surface area contributed by atoms with E-state index in [4.69, 9.17) is 4.74 Å². The number of H-pyrrole nitrogens is 1. The molecule has 0 amide bonds. The first-order valence-corrected chi connectivity index (χ1v) is 7.72. The van der Waals surface area contributed by atoms with Gasteiger partial charge in [0.25, 0.3) is 0 Å². The Bertz CT molecular complexity index is 736. The third kappa shape index (κ3) is 3.48. The average Bonchev–Trinajstić information content (AvgIpc) is 2.96. The van der Waals surface area contributed by atoms with Crippen molar-refractivity contribution in [2.75, 3.05) is 20.2 Å². The number of likely N-dealkylation sites (N-methyl/N-ethyl adjacent to an activating group) is 1. The lowest BCUT2D eigenvalue weighted by Crippen LogP contribution is -2.26. The number of ether oxygens (including phenoxy) is 1.